The summed E-state index contributed by atoms with van der Waals surface area (Å²) in [6.07, 6.45) is 5.13. The Morgan fingerprint density at radius 1 is 1.12 bits per heavy atom. The van der Waals surface area contributed by atoms with E-state index in [2.05, 4.69) is 25.5 Å². The molecule has 0 aliphatic heterocycles. The van der Waals surface area contributed by atoms with Crippen LogP contribution in [0.4, 0.5) is 0 Å². The van der Waals surface area contributed by atoms with E-state index >= 15 is 0 Å². The number of unbranched alkanes of at least 4 members (excludes halogenated alkanes) is 3. The van der Waals surface area contributed by atoms with Crippen molar-refractivity contribution in [3.8, 4) is 0 Å². The van der Waals surface area contributed by atoms with Crippen molar-refractivity contribution in [3.63, 3.8) is 0 Å². The van der Waals surface area contributed by atoms with Gasteiger partial charge in [-0.15, -0.1) is 0 Å². The van der Waals surface area contributed by atoms with Crippen LogP contribution in [-0.4, -0.2) is 23.6 Å². The third kappa shape index (κ3) is 16.2. The van der Waals surface area contributed by atoms with Crippen molar-refractivity contribution < 1.29 is 9.53 Å². The molecule has 0 saturated carbocycles. The molecule has 0 fully saturated rings. The van der Waals surface area contributed by atoms with E-state index in [1.807, 2.05) is 21.6 Å². The predicted octanol–water partition coefficient (Wildman–Crippen LogP) is 4.93. The first-order chi connectivity index (χ1) is 7.45. The summed E-state index contributed by atoms with van der Waals surface area (Å²) in [4.78, 5) is 10.8. The lowest BCUT2D eigenvalue weighted by Crippen LogP contribution is -2.04. The van der Waals surface area contributed by atoms with Crippen molar-refractivity contribution in [2.75, 3.05) is 12.9 Å². The van der Waals surface area contributed by atoms with Gasteiger partial charge in [0.05, 0.1) is 7.11 Å². The molecule has 0 spiro atoms. The number of hydrogen-bond acceptors (Lipinski definition) is 4. The van der Waals surface area contributed by atoms with Crippen LogP contribution in [0.15, 0.2) is 0 Å². The summed E-state index contributed by atoms with van der Waals surface area (Å²) in [6, 6.07) is 0. The maximum absolute atomic E-state index is 10.8. The van der Waals surface area contributed by atoms with E-state index in [9.17, 15) is 4.79 Å². The molecule has 0 N–H and O–H groups in total. The Bertz CT molecular complexity index is 188. The van der Waals surface area contributed by atoms with Gasteiger partial charge >= 0.3 is 5.97 Å². The molecule has 0 aliphatic rings. The van der Waals surface area contributed by atoms with Gasteiger partial charge < -0.3 is 4.74 Å². The maximum atomic E-state index is 10.8. The molecule has 0 heterocycles. The van der Waals surface area contributed by atoms with Gasteiger partial charge in [-0.25, -0.2) is 0 Å². The highest BCUT2D eigenvalue weighted by Gasteiger charge is 2.10. The molecule has 17 heavy (non-hydrogen) atoms. The lowest BCUT2D eigenvalue weighted by molar-refractivity contribution is -0.140. The van der Waals surface area contributed by atoms with Crippen molar-refractivity contribution in [1.82, 2.24) is 0 Å². The smallest absolute Gasteiger partial charge is 0.305 e. The Morgan fingerprint density at radius 3 is 2.24 bits per heavy atom. The highest BCUT2D eigenvalue weighted by molar-refractivity contribution is 8.77. The first-order valence-electron chi connectivity index (χ1n) is 5.83. The number of methoxy groups -OCH3 is 1. The lowest BCUT2D eigenvalue weighted by atomic mass is 10.2. The lowest BCUT2D eigenvalue weighted by Gasteiger charge is -2.15. The quantitative estimate of drug-likeness (QED) is 0.358. The molecular formula is C13H28O2S2. The van der Waals surface area contributed by atoms with Gasteiger partial charge in [-0.1, -0.05) is 62.6 Å². The molecular weight excluding hydrogens is 252 g/mol. The molecule has 0 radical (unpaired) electrons. The second kappa shape index (κ2) is 11.3. The Kier molecular flexibility index (Phi) is 12.9. The minimum Gasteiger partial charge on any atom is -0.469 e. The molecule has 0 atom stereocenters. The molecule has 0 aromatic heterocycles. The first kappa shape index (κ1) is 19.5. The van der Waals surface area contributed by atoms with Crippen molar-refractivity contribution in [2.24, 2.45) is 0 Å². The number of ether oxygens (including phenoxy) is 1. The van der Waals surface area contributed by atoms with Gasteiger partial charge in [-0.05, 0) is 12.8 Å². The summed E-state index contributed by atoms with van der Waals surface area (Å²) in [5.74, 6) is 1.12. The molecule has 0 saturated heterocycles. The van der Waals surface area contributed by atoms with E-state index in [-0.39, 0.29) is 13.4 Å². The zero-order chi connectivity index (χ0) is 12.4. The van der Waals surface area contributed by atoms with Crippen LogP contribution in [0.5, 0.6) is 0 Å². The van der Waals surface area contributed by atoms with E-state index in [0.717, 1.165) is 12.8 Å². The number of carbonyl (C=O) groups is 1. The standard InChI is InChI=1S/C12H24O2S2.CH4/c1-12(2,3)16-15-10-8-6-5-7-9-11(13)14-4;/h5-10H2,1-4H3;1H4. The fourth-order valence-corrected chi connectivity index (χ4v) is 3.53. The Balaban J connectivity index is 0. The minimum absolute atomic E-state index is 0. The summed E-state index contributed by atoms with van der Waals surface area (Å²) < 4.78 is 4.94. The summed E-state index contributed by atoms with van der Waals surface area (Å²) in [6.45, 7) is 6.71. The fraction of sp³-hybridized carbons (Fsp3) is 0.923. The third-order valence-corrected chi connectivity index (χ3v) is 5.32. The normalized spacial score (nSPS) is 10.8. The Morgan fingerprint density at radius 2 is 1.71 bits per heavy atom. The number of hydrogen-bond donors (Lipinski definition) is 0. The molecule has 0 unspecified atom stereocenters. The van der Waals surface area contributed by atoms with Gasteiger partial charge in [-0.3, -0.25) is 4.79 Å². The molecule has 0 aromatic rings. The average Bonchev–Trinajstić information content (AvgIpc) is 2.20. The molecule has 0 aliphatic carbocycles. The van der Waals surface area contributed by atoms with Crippen molar-refractivity contribution in [2.45, 2.75) is 65.0 Å². The minimum atomic E-state index is -0.0855. The number of carbonyl (C=O) groups excluding carboxylic acids is 1. The largest absolute Gasteiger partial charge is 0.469 e. The predicted molar refractivity (Wildman–Crippen MR) is 81.6 cm³/mol. The molecule has 104 valence electrons. The van der Waals surface area contributed by atoms with Gasteiger partial charge in [0.25, 0.3) is 0 Å². The zero-order valence-corrected chi connectivity index (χ0v) is 12.5. The van der Waals surface area contributed by atoms with Crippen LogP contribution in [0, 0.1) is 0 Å². The topological polar surface area (TPSA) is 26.3 Å². The Labute approximate surface area is 115 Å². The fourth-order valence-electron chi connectivity index (χ4n) is 1.10. The molecule has 0 aromatic carbocycles. The van der Waals surface area contributed by atoms with Gasteiger partial charge in [0.15, 0.2) is 0 Å². The van der Waals surface area contributed by atoms with Gasteiger partial charge in [-0.2, -0.15) is 0 Å². The molecule has 0 amide bonds. The zero-order valence-electron chi connectivity index (χ0n) is 10.9. The van der Waals surface area contributed by atoms with E-state index in [4.69, 9.17) is 0 Å². The van der Waals surface area contributed by atoms with Crippen LogP contribution in [0.1, 0.15) is 60.3 Å². The summed E-state index contributed by atoms with van der Waals surface area (Å²) >= 11 is 0. The summed E-state index contributed by atoms with van der Waals surface area (Å²) in [5.41, 5.74) is 0. The number of rotatable bonds is 8. The average molecular weight is 280 g/mol. The molecule has 4 heteroatoms. The van der Waals surface area contributed by atoms with Crippen molar-refractivity contribution >= 4 is 27.6 Å². The van der Waals surface area contributed by atoms with Crippen LogP contribution < -0.4 is 0 Å². The second-order valence-electron chi connectivity index (χ2n) is 4.76. The summed E-state index contributed by atoms with van der Waals surface area (Å²) in [7, 11) is 5.35. The van der Waals surface area contributed by atoms with Gasteiger partial charge in [0, 0.05) is 16.9 Å². The van der Waals surface area contributed by atoms with E-state index < -0.39 is 0 Å². The molecule has 2 nitrogen and oxygen atoms in total. The van der Waals surface area contributed by atoms with Crippen molar-refractivity contribution in [3.05, 3.63) is 0 Å². The van der Waals surface area contributed by atoms with Crippen LogP contribution in [0.2, 0.25) is 0 Å². The van der Waals surface area contributed by atoms with Crippen LogP contribution in [-0.2, 0) is 9.53 Å². The molecule has 0 bridgehead atoms. The van der Waals surface area contributed by atoms with Crippen LogP contribution >= 0.6 is 21.6 Å². The highest BCUT2D eigenvalue weighted by Crippen LogP contribution is 2.35. The second-order valence-corrected chi connectivity index (χ2v) is 8.00. The molecule has 0 rings (SSSR count). The SMILES string of the molecule is C.COC(=O)CCCCCCSSC(C)(C)C. The highest BCUT2D eigenvalue weighted by atomic mass is 33.1. The maximum Gasteiger partial charge on any atom is 0.305 e. The van der Waals surface area contributed by atoms with Gasteiger partial charge in [0.1, 0.15) is 0 Å². The third-order valence-electron chi connectivity index (χ3n) is 1.90. The van der Waals surface area contributed by atoms with E-state index in [1.54, 1.807) is 0 Å². The van der Waals surface area contributed by atoms with Gasteiger partial charge in [0.2, 0.25) is 0 Å². The monoisotopic (exact) mass is 280 g/mol. The van der Waals surface area contributed by atoms with Crippen molar-refractivity contribution in [1.29, 1.82) is 0 Å². The van der Waals surface area contributed by atoms with Crippen LogP contribution in [0.25, 0.3) is 0 Å². The van der Waals surface area contributed by atoms with E-state index in [1.165, 1.54) is 25.7 Å². The van der Waals surface area contributed by atoms with Crippen LogP contribution in [0.3, 0.4) is 0 Å². The van der Waals surface area contributed by atoms with E-state index in [0.29, 0.717) is 11.2 Å². The summed E-state index contributed by atoms with van der Waals surface area (Å²) in [5, 5.41) is 0. The number of esters is 1. The first-order valence-corrected chi connectivity index (χ1v) is 8.15. The Hall–Kier alpha value is 0.170.